The number of fused-ring (bicyclic) bond motifs is 1. The largest absolute Gasteiger partial charge is 0.497 e. The van der Waals surface area contributed by atoms with E-state index in [4.69, 9.17) is 9.47 Å². The maximum atomic E-state index is 11.4. The lowest BCUT2D eigenvalue weighted by Crippen LogP contribution is -2.46. The highest BCUT2D eigenvalue weighted by Crippen LogP contribution is 2.27. The third-order valence-corrected chi connectivity index (χ3v) is 5.40. The second-order valence-corrected chi connectivity index (χ2v) is 7.27. The van der Waals surface area contributed by atoms with Crippen LogP contribution in [0.2, 0.25) is 0 Å². The predicted molar refractivity (Wildman–Crippen MR) is 111 cm³/mol. The van der Waals surface area contributed by atoms with Crippen LogP contribution in [0.25, 0.3) is 0 Å². The Bertz CT molecular complexity index is 814. The summed E-state index contributed by atoms with van der Waals surface area (Å²) < 4.78 is 11.1. The molecule has 6 nitrogen and oxygen atoms in total. The van der Waals surface area contributed by atoms with Crippen molar-refractivity contribution < 1.29 is 14.3 Å². The molecular weight excluding hydrogens is 354 g/mol. The molecule has 148 valence electrons. The molecule has 0 atom stereocenters. The van der Waals surface area contributed by atoms with Crippen molar-refractivity contribution in [3.8, 4) is 11.5 Å². The van der Waals surface area contributed by atoms with Gasteiger partial charge in [0.2, 0.25) is 5.91 Å². The Morgan fingerprint density at radius 1 is 1.00 bits per heavy atom. The Kier molecular flexibility index (Phi) is 5.67. The smallest absolute Gasteiger partial charge is 0.228 e. The Labute approximate surface area is 166 Å². The fourth-order valence-corrected chi connectivity index (χ4v) is 3.80. The van der Waals surface area contributed by atoms with E-state index in [2.05, 4.69) is 27.2 Å². The molecule has 4 rings (SSSR count). The molecule has 1 saturated heterocycles. The monoisotopic (exact) mass is 381 g/mol. The lowest BCUT2D eigenvalue weighted by atomic mass is 10.1. The van der Waals surface area contributed by atoms with Crippen LogP contribution in [0.1, 0.15) is 12.0 Å². The summed E-state index contributed by atoms with van der Waals surface area (Å²) in [5, 5.41) is 2.84. The average Bonchev–Trinajstić information content (AvgIpc) is 3.11. The molecule has 0 saturated carbocycles. The number of carbonyl (C=O) groups excluding carboxylic acids is 1. The molecule has 1 fully saturated rings. The van der Waals surface area contributed by atoms with Gasteiger partial charge >= 0.3 is 0 Å². The van der Waals surface area contributed by atoms with Crippen molar-refractivity contribution in [3.63, 3.8) is 0 Å². The number of nitrogens with zero attached hydrogens (tertiary/aromatic N) is 2. The molecule has 28 heavy (non-hydrogen) atoms. The number of rotatable bonds is 7. The molecule has 0 aliphatic carbocycles. The number of benzene rings is 2. The topological polar surface area (TPSA) is 54.0 Å². The third-order valence-electron chi connectivity index (χ3n) is 5.40. The minimum absolute atomic E-state index is 0.0564. The van der Waals surface area contributed by atoms with Crippen molar-refractivity contribution in [2.45, 2.75) is 12.8 Å². The zero-order valence-electron chi connectivity index (χ0n) is 16.3. The SMILES string of the molecule is COc1ccc(N2CCN(CCCOc3ccc4c(c3)CC(=O)N4)CC2)cc1. The number of hydrogen-bond acceptors (Lipinski definition) is 5. The summed E-state index contributed by atoms with van der Waals surface area (Å²) in [5.41, 5.74) is 3.19. The van der Waals surface area contributed by atoms with Gasteiger partial charge in [-0.15, -0.1) is 0 Å². The molecule has 0 radical (unpaired) electrons. The van der Waals surface area contributed by atoms with Gasteiger partial charge in [-0.3, -0.25) is 9.69 Å². The predicted octanol–water partition coefficient (Wildman–Crippen LogP) is 2.78. The number of amides is 1. The summed E-state index contributed by atoms with van der Waals surface area (Å²) in [6, 6.07) is 14.1. The zero-order valence-corrected chi connectivity index (χ0v) is 16.3. The van der Waals surface area contributed by atoms with Crippen LogP contribution in [-0.4, -0.2) is 57.2 Å². The average molecular weight is 381 g/mol. The van der Waals surface area contributed by atoms with Gasteiger partial charge in [0.15, 0.2) is 0 Å². The fraction of sp³-hybridized carbons (Fsp3) is 0.409. The van der Waals surface area contributed by atoms with Crippen LogP contribution in [0.4, 0.5) is 11.4 Å². The second-order valence-electron chi connectivity index (χ2n) is 7.27. The summed E-state index contributed by atoms with van der Waals surface area (Å²) in [6.45, 7) is 5.95. The number of anilines is 2. The fourth-order valence-electron chi connectivity index (χ4n) is 3.80. The van der Waals surface area contributed by atoms with Gasteiger partial charge in [-0.2, -0.15) is 0 Å². The van der Waals surface area contributed by atoms with Crippen molar-refractivity contribution in [3.05, 3.63) is 48.0 Å². The molecule has 0 bridgehead atoms. The summed E-state index contributed by atoms with van der Waals surface area (Å²) in [4.78, 5) is 16.3. The van der Waals surface area contributed by atoms with E-state index >= 15 is 0 Å². The molecule has 2 aromatic carbocycles. The highest BCUT2D eigenvalue weighted by molar-refractivity contribution is 5.99. The Morgan fingerprint density at radius 2 is 1.75 bits per heavy atom. The van der Waals surface area contributed by atoms with E-state index in [0.717, 1.165) is 61.9 Å². The number of methoxy groups -OCH3 is 1. The normalized spacial score (nSPS) is 16.6. The molecule has 0 spiro atoms. The van der Waals surface area contributed by atoms with Crippen molar-refractivity contribution in [2.75, 3.05) is 56.7 Å². The van der Waals surface area contributed by atoms with Gasteiger partial charge in [-0.1, -0.05) is 0 Å². The van der Waals surface area contributed by atoms with Crippen LogP contribution in [-0.2, 0) is 11.2 Å². The maximum Gasteiger partial charge on any atom is 0.228 e. The molecule has 0 unspecified atom stereocenters. The third kappa shape index (κ3) is 4.39. The van der Waals surface area contributed by atoms with Gasteiger partial charge < -0.3 is 19.7 Å². The van der Waals surface area contributed by atoms with Crippen molar-refractivity contribution in [1.29, 1.82) is 0 Å². The first-order valence-corrected chi connectivity index (χ1v) is 9.88. The van der Waals surface area contributed by atoms with E-state index in [0.29, 0.717) is 13.0 Å². The number of piperazine rings is 1. The van der Waals surface area contributed by atoms with Crippen LogP contribution in [0.3, 0.4) is 0 Å². The van der Waals surface area contributed by atoms with Crippen LogP contribution in [0.5, 0.6) is 11.5 Å². The standard InChI is InChI=1S/C22H27N3O3/c1-27-19-5-3-18(4-6-19)25-12-10-24(11-13-25)9-2-14-28-20-7-8-21-17(15-20)16-22(26)23-21/h3-8,15H,2,9-14,16H2,1H3,(H,23,26). The van der Waals surface area contributed by atoms with E-state index < -0.39 is 0 Å². The maximum absolute atomic E-state index is 11.4. The minimum Gasteiger partial charge on any atom is -0.497 e. The van der Waals surface area contributed by atoms with Gasteiger partial charge in [0.05, 0.1) is 20.1 Å². The zero-order chi connectivity index (χ0) is 19.3. The summed E-state index contributed by atoms with van der Waals surface area (Å²) in [5.74, 6) is 1.80. The van der Waals surface area contributed by atoms with E-state index in [-0.39, 0.29) is 5.91 Å². The van der Waals surface area contributed by atoms with Crippen LogP contribution in [0.15, 0.2) is 42.5 Å². The van der Waals surface area contributed by atoms with Gasteiger partial charge in [-0.05, 0) is 54.4 Å². The number of nitrogens with one attached hydrogen (secondary N) is 1. The summed E-state index contributed by atoms with van der Waals surface area (Å²) in [7, 11) is 1.69. The number of ether oxygens (including phenoxy) is 2. The van der Waals surface area contributed by atoms with E-state index in [9.17, 15) is 4.79 Å². The molecule has 2 heterocycles. The Morgan fingerprint density at radius 3 is 2.50 bits per heavy atom. The first-order chi connectivity index (χ1) is 13.7. The van der Waals surface area contributed by atoms with Gasteiger partial charge in [0, 0.05) is 44.1 Å². The van der Waals surface area contributed by atoms with Gasteiger partial charge in [0.1, 0.15) is 11.5 Å². The van der Waals surface area contributed by atoms with Crippen LogP contribution < -0.4 is 19.7 Å². The molecule has 1 N–H and O–H groups in total. The first-order valence-electron chi connectivity index (χ1n) is 9.88. The highest BCUT2D eigenvalue weighted by Gasteiger charge is 2.18. The molecule has 1 amide bonds. The van der Waals surface area contributed by atoms with Crippen molar-refractivity contribution >= 4 is 17.3 Å². The molecule has 2 aromatic rings. The van der Waals surface area contributed by atoms with Gasteiger partial charge in [-0.25, -0.2) is 0 Å². The van der Waals surface area contributed by atoms with Crippen LogP contribution in [0, 0.1) is 0 Å². The molecular formula is C22H27N3O3. The van der Waals surface area contributed by atoms with Crippen LogP contribution >= 0.6 is 0 Å². The second kappa shape index (κ2) is 8.52. The Balaban J connectivity index is 1.17. The van der Waals surface area contributed by atoms with Crippen molar-refractivity contribution in [2.24, 2.45) is 0 Å². The summed E-state index contributed by atoms with van der Waals surface area (Å²) >= 11 is 0. The lowest BCUT2D eigenvalue weighted by Gasteiger charge is -2.36. The molecule has 6 heteroatoms. The molecule has 2 aliphatic heterocycles. The Hall–Kier alpha value is -2.73. The van der Waals surface area contributed by atoms with E-state index in [1.165, 1.54) is 5.69 Å². The molecule has 2 aliphatic rings. The molecule has 0 aromatic heterocycles. The van der Waals surface area contributed by atoms with E-state index in [1.54, 1.807) is 7.11 Å². The van der Waals surface area contributed by atoms with Gasteiger partial charge in [0.25, 0.3) is 0 Å². The van der Waals surface area contributed by atoms with Crippen molar-refractivity contribution in [1.82, 2.24) is 4.90 Å². The first kappa shape index (κ1) is 18.6. The highest BCUT2D eigenvalue weighted by atomic mass is 16.5. The minimum atomic E-state index is 0.0564. The summed E-state index contributed by atoms with van der Waals surface area (Å²) in [6.07, 6.45) is 1.45. The quantitative estimate of drug-likeness (QED) is 0.748. The number of carbonyl (C=O) groups is 1. The lowest BCUT2D eigenvalue weighted by molar-refractivity contribution is -0.115. The van der Waals surface area contributed by atoms with E-state index in [1.807, 2.05) is 30.3 Å². The number of hydrogen-bond donors (Lipinski definition) is 1.